The van der Waals surface area contributed by atoms with Crippen molar-refractivity contribution in [2.75, 3.05) is 6.54 Å². The molecule has 0 aliphatic heterocycles. The average Bonchev–Trinajstić information content (AvgIpc) is 2.80. The maximum absolute atomic E-state index is 13.2. The van der Waals surface area contributed by atoms with Gasteiger partial charge in [-0.2, -0.15) is 0 Å². The molecule has 0 atom stereocenters. The number of hydrogen-bond donors (Lipinski definition) is 1. The molecule has 1 aromatic carbocycles. The lowest BCUT2D eigenvalue weighted by Gasteiger charge is -2.31. The standard InChI is InChI=1S/C16H23BrFN/c1-12(2)19-11-16(7-3-4-8-16)10-13-5-6-14(18)9-15(13)17/h5-6,9,12,19H,3-4,7-8,10-11H2,1-2H3. The summed E-state index contributed by atoms with van der Waals surface area (Å²) in [6.45, 7) is 5.45. The molecule has 2 rings (SSSR count). The fraction of sp³-hybridized carbons (Fsp3) is 0.625. The number of rotatable bonds is 5. The van der Waals surface area contributed by atoms with Crippen molar-refractivity contribution in [2.24, 2.45) is 5.41 Å². The molecule has 0 heterocycles. The van der Waals surface area contributed by atoms with Crippen molar-refractivity contribution in [1.29, 1.82) is 0 Å². The van der Waals surface area contributed by atoms with Crippen LogP contribution in [0.15, 0.2) is 22.7 Å². The van der Waals surface area contributed by atoms with Gasteiger partial charge in [-0.25, -0.2) is 4.39 Å². The molecule has 3 heteroatoms. The minimum Gasteiger partial charge on any atom is -0.314 e. The minimum atomic E-state index is -0.170. The Bertz CT molecular complexity index is 425. The molecule has 106 valence electrons. The quantitative estimate of drug-likeness (QED) is 0.827. The molecule has 1 aliphatic carbocycles. The second-order valence-electron chi connectivity index (χ2n) is 6.16. The van der Waals surface area contributed by atoms with Crippen LogP contribution >= 0.6 is 15.9 Å². The molecule has 0 radical (unpaired) electrons. The number of nitrogens with one attached hydrogen (secondary N) is 1. The summed E-state index contributed by atoms with van der Waals surface area (Å²) in [6.07, 6.45) is 6.22. The van der Waals surface area contributed by atoms with Crippen LogP contribution in [0.3, 0.4) is 0 Å². The molecule has 0 bridgehead atoms. The van der Waals surface area contributed by atoms with Crippen LogP contribution in [0.25, 0.3) is 0 Å². The lowest BCUT2D eigenvalue weighted by molar-refractivity contribution is 0.268. The Hall–Kier alpha value is -0.410. The van der Waals surface area contributed by atoms with E-state index in [1.54, 1.807) is 12.1 Å². The van der Waals surface area contributed by atoms with Crippen molar-refractivity contribution in [3.8, 4) is 0 Å². The topological polar surface area (TPSA) is 12.0 Å². The predicted octanol–water partition coefficient (Wildman–Crippen LogP) is 4.69. The summed E-state index contributed by atoms with van der Waals surface area (Å²) in [5.74, 6) is -0.170. The Labute approximate surface area is 124 Å². The van der Waals surface area contributed by atoms with Crippen molar-refractivity contribution in [2.45, 2.75) is 52.0 Å². The Morgan fingerprint density at radius 2 is 2.00 bits per heavy atom. The van der Waals surface area contributed by atoms with Gasteiger partial charge in [-0.1, -0.05) is 48.7 Å². The first kappa shape index (κ1) is 15.0. The van der Waals surface area contributed by atoms with E-state index in [4.69, 9.17) is 0 Å². The molecule has 0 spiro atoms. The number of hydrogen-bond acceptors (Lipinski definition) is 1. The lowest BCUT2D eigenvalue weighted by Crippen LogP contribution is -2.37. The number of halogens is 2. The summed E-state index contributed by atoms with van der Waals surface area (Å²) >= 11 is 3.50. The highest BCUT2D eigenvalue weighted by atomic mass is 79.9. The zero-order valence-corrected chi connectivity index (χ0v) is 13.4. The molecule has 0 saturated heterocycles. The van der Waals surface area contributed by atoms with Crippen LogP contribution in [0.2, 0.25) is 0 Å². The van der Waals surface area contributed by atoms with Crippen LogP contribution < -0.4 is 5.32 Å². The van der Waals surface area contributed by atoms with Crippen molar-refractivity contribution < 1.29 is 4.39 Å². The summed E-state index contributed by atoms with van der Waals surface area (Å²) in [5.41, 5.74) is 1.58. The van der Waals surface area contributed by atoms with E-state index in [-0.39, 0.29) is 5.82 Å². The highest BCUT2D eigenvalue weighted by Crippen LogP contribution is 2.41. The van der Waals surface area contributed by atoms with Crippen LogP contribution in [-0.2, 0) is 6.42 Å². The molecular formula is C16H23BrFN. The lowest BCUT2D eigenvalue weighted by atomic mass is 9.79. The molecule has 1 saturated carbocycles. The van der Waals surface area contributed by atoms with E-state index in [1.807, 2.05) is 6.07 Å². The Morgan fingerprint density at radius 3 is 2.58 bits per heavy atom. The Kier molecular flexibility index (Phi) is 5.02. The molecule has 19 heavy (non-hydrogen) atoms. The third-order valence-corrected chi connectivity index (χ3v) is 4.87. The normalized spacial score (nSPS) is 18.2. The monoisotopic (exact) mass is 327 g/mol. The van der Waals surface area contributed by atoms with E-state index in [0.29, 0.717) is 11.5 Å². The van der Waals surface area contributed by atoms with Crippen molar-refractivity contribution in [3.05, 3.63) is 34.1 Å². The molecule has 1 fully saturated rings. The predicted molar refractivity (Wildman–Crippen MR) is 81.8 cm³/mol. The summed E-state index contributed by atoms with van der Waals surface area (Å²) in [4.78, 5) is 0. The van der Waals surface area contributed by atoms with Gasteiger partial charge in [-0.3, -0.25) is 0 Å². The number of benzene rings is 1. The van der Waals surface area contributed by atoms with Crippen LogP contribution in [0.5, 0.6) is 0 Å². The van der Waals surface area contributed by atoms with Gasteiger partial charge < -0.3 is 5.32 Å². The molecule has 1 N–H and O–H groups in total. The van der Waals surface area contributed by atoms with Crippen molar-refractivity contribution >= 4 is 15.9 Å². The third-order valence-electron chi connectivity index (χ3n) is 4.13. The summed E-state index contributed by atoms with van der Waals surface area (Å²) in [6, 6.07) is 5.59. The van der Waals surface area contributed by atoms with Gasteiger partial charge in [0, 0.05) is 17.1 Å². The molecule has 0 unspecified atom stereocenters. The van der Waals surface area contributed by atoms with Gasteiger partial charge in [0.05, 0.1) is 0 Å². The molecule has 1 nitrogen and oxygen atoms in total. The van der Waals surface area contributed by atoms with Gasteiger partial charge in [0.15, 0.2) is 0 Å². The first-order chi connectivity index (χ1) is 9.01. The maximum Gasteiger partial charge on any atom is 0.124 e. The third kappa shape index (κ3) is 4.03. The first-order valence-corrected chi connectivity index (χ1v) is 7.97. The van der Waals surface area contributed by atoms with E-state index >= 15 is 0 Å². The van der Waals surface area contributed by atoms with Gasteiger partial charge in [0.25, 0.3) is 0 Å². The van der Waals surface area contributed by atoms with Gasteiger partial charge in [0.2, 0.25) is 0 Å². The minimum absolute atomic E-state index is 0.170. The molecule has 1 aromatic rings. The van der Waals surface area contributed by atoms with E-state index in [1.165, 1.54) is 31.2 Å². The van der Waals surface area contributed by atoms with Crippen LogP contribution in [0.4, 0.5) is 4.39 Å². The highest BCUT2D eigenvalue weighted by molar-refractivity contribution is 9.10. The SMILES string of the molecule is CC(C)NCC1(Cc2ccc(F)cc2Br)CCCC1. The van der Waals surface area contributed by atoms with Gasteiger partial charge >= 0.3 is 0 Å². The van der Waals surface area contributed by atoms with Gasteiger partial charge in [-0.05, 0) is 42.4 Å². The summed E-state index contributed by atoms with van der Waals surface area (Å²) in [7, 11) is 0. The van der Waals surface area contributed by atoms with Gasteiger partial charge in [0.1, 0.15) is 5.82 Å². The van der Waals surface area contributed by atoms with Gasteiger partial charge in [-0.15, -0.1) is 0 Å². The van der Waals surface area contributed by atoms with Crippen LogP contribution in [0, 0.1) is 11.2 Å². The first-order valence-electron chi connectivity index (χ1n) is 7.18. The Balaban J connectivity index is 2.11. The summed E-state index contributed by atoms with van der Waals surface area (Å²) in [5, 5.41) is 3.59. The van der Waals surface area contributed by atoms with Crippen LogP contribution in [-0.4, -0.2) is 12.6 Å². The summed E-state index contributed by atoms with van der Waals surface area (Å²) < 4.78 is 14.1. The second kappa shape index (κ2) is 6.36. The van der Waals surface area contributed by atoms with Crippen LogP contribution in [0.1, 0.15) is 45.1 Å². The highest BCUT2D eigenvalue weighted by Gasteiger charge is 2.34. The fourth-order valence-corrected chi connectivity index (χ4v) is 3.52. The van der Waals surface area contributed by atoms with E-state index in [2.05, 4.69) is 35.1 Å². The largest absolute Gasteiger partial charge is 0.314 e. The molecule has 1 aliphatic rings. The van der Waals surface area contributed by atoms with Crippen molar-refractivity contribution in [1.82, 2.24) is 5.32 Å². The van der Waals surface area contributed by atoms with E-state index in [0.717, 1.165) is 17.4 Å². The Morgan fingerprint density at radius 1 is 1.32 bits per heavy atom. The average molecular weight is 328 g/mol. The second-order valence-corrected chi connectivity index (χ2v) is 7.01. The molecule has 0 amide bonds. The fourth-order valence-electron chi connectivity index (χ4n) is 3.03. The van der Waals surface area contributed by atoms with E-state index < -0.39 is 0 Å². The molecular weight excluding hydrogens is 305 g/mol. The zero-order valence-electron chi connectivity index (χ0n) is 11.8. The smallest absolute Gasteiger partial charge is 0.124 e. The van der Waals surface area contributed by atoms with Crippen molar-refractivity contribution in [3.63, 3.8) is 0 Å². The maximum atomic E-state index is 13.2. The van der Waals surface area contributed by atoms with E-state index in [9.17, 15) is 4.39 Å². The zero-order chi connectivity index (χ0) is 13.9. The molecule has 0 aromatic heterocycles.